The molecule has 3 aromatic rings. The van der Waals surface area contributed by atoms with Crippen molar-refractivity contribution in [2.24, 2.45) is 0 Å². The van der Waals surface area contributed by atoms with Crippen LogP contribution in [0.15, 0.2) is 86.3 Å². The lowest BCUT2D eigenvalue weighted by Crippen LogP contribution is -1.88. The third kappa shape index (κ3) is 4.34. The Morgan fingerprint density at radius 3 is 1.62 bits per heavy atom. The van der Waals surface area contributed by atoms with Crippen LogP contribution in [0.3, 0.4) is 0 Å². The molecule has 0 radical (unpaired) electrons. The van der Waals surface area contributed by atoms with E-state index in [0.717, 1.165) is 31.1 Å². The highest BCUT2D eigenvalue weighted by Crippen LogP contribution is 2.38. The van der Waals surface area contributed by atoms with E-state index in [-0.39, 0.29) is 0 Å². The van der Waals surface area contributed by atoms with Crippen LogP contribution in [0.4, 0.5) is 0 Å². The van der Waals surface area contributed by atoms with Crippen molar-refractivity contribution >= 4 is 23.5 Å². The molecule has 0 fully saturated rings. The molecule has 0 N–H and O–H groups in total. The summed E-state index contributed by atoms with van der Waals surface area (Å²) < 4.78 is 10.6. The van der Waals surface area contributed by atoms with Gasteiger partial charge in [0, 0.05) is 19.6 Å². The standard InChI is InChI=1S/C21H17NO2S2/c1-23-15-6-3-8-17(12-15)25-20-10-5-11-21(19(20)14-22)26-18-9-4-7-16(13-18)24-2/h3-13H,1-2H3. The van der Waals surface area contributed by atoms with Crippen LogP contribution in [-0.2, 0) is 0 Å². The molecule has 0 aliphatic rings. The third-order valence-corrected chi connectivity index (χ3v) is 5.74. The molecule has 5 heteroatoms. The molecule has 0 aliphatic heterocycles. The fraction of sp³-hybridized carbons (Fsp3) is 0.0952. The zero-order chi connectivity index (χ0) is 18.4. The van der Waals surface area contributed by atoms with E-state index in [0.29, 0.717) is 5.56 Å². The third-order valence-electron chi connectivity index (χ3n) is 3.64. The number of hydrogen-bond donors (Lipinski definition) is 0. The minimum atomic E-state index is 0.674. The molecule has 3 nitrogen and oxygen atoms in total. The number of benzene rings is 3. The van der Waals surface area contributed by atoms with Crippen LogP contribution >= 0.6 is 23.5 Å². The van der Waals surface area contributed by atoms with E-state index in [9.17, 15) is 5.26 Å². The maximum Gasteiger partial charge on any atom is 0.119 e. The molecular formula is C21H17NO2S2. The van der Waals surface area contributed by atoms with Crippen LogP contribution in [0, 0.1) is 11.3 Å². The predicted octanol–water partition coefficient (Wildman–Crippen LogP) is 5.88. The van der Waals surface area contributed by atoms with Crippen LogP contribution < -0.4 is 9.47 Å². The molecule has 0 spiro atoms. The average molecular weight is 380 g/mol. The summed E-state index contributed by atoms with van der Waals surface area (Å²) in [6.45, 7) is 0. The highest BCUT2D eigenvalue weighted by molar-refractivity contribution is 8.00. The van der Waals surface area contributed by atoms with Crippen LogP contribution in [-0.4, -0.2) is 14.2 Å². The Labute approximate surface area is 162 Å². The highest BCUT2D eigenvalue weighted by Gasteiger charge is 2.11. The van der Waals surface area contributed by atoms with E-state index in [1.54, 1.807) is 37.7 Å². The second-order valence-corrected chi connectivity index (χ2v) is 7.53. The first-order valence-electron chi connectivity index (χ1n) is 7.90. The molecule has 3 rings (SSSR count). The number of ether oxygens (including phenoxy) is 2. The highest BCUT2D eigenvalue weighted by atomic mass is 32.2. The Kier molecular flexibility index (Phi) is 6.11. The van der Waals surface area contributed by atoms with Gasteiger partial charge in [0.2, 0.25) is 0 Å². The van der Waals surface area contributed by atoms with E-state index in [4.69, 9.17) is 9.47 Å². The van der Waals surface area contributed by atoms with Gasteiger partial charge in [-0.15, -0.1) is 0 Å². The summed E-state index contributed by atoms with van der Waals surface area (Å²) in [5.41, 5.74) is 0.674. The summed E-state index contributed by atoms with van der Waals surface area (Å²) in [7, 11) is 3.30. The molecule has 3 aromatic carbocycles. The maximum atomic E-state index is 9.73. The zero-order valence-corrected chi connectivity index (χ0v) is 16.1. The Morgan fingerprint density at radius 2 is 1.19 bits per heavy atom. The summed E-state index contributed by atoms with van der Waals surface area (Å²) >= 11 is 3.12. The van der Waals surface area contributed by atoms with Gasteiger partial charge in [-0.25, -0.2) is 0 Å². The first kappa shape index (κ1) is 18.2. The largest absolute Gasteiger partial charge is 0.497 e. The number of methoxy groups -OCH3 is 2. The first-order valence-corrected chi connectivity index (χ1v) is 9.53. The Hall–Kier alpha value is -2.55. The molecule has 0 aromatic heterocycles. The second kappa shape index (κ2) is 8.70. The van der Waals surface area contributed by atoms with Gasteiger partial charge in [0.1, 0.15) is 17.6 Å². The van der Waals surface area contributed by atoms with Crippen LogP contribution in [0.1, 0.15) is 5.56 Å². The topological polar surface area (TPSA) is 42.2 Å². The van der Waals surface area contributed by atoms with Crippen molar-refractivity contribution in [3.63, 3.8) is 0 Å². The minimum absolute atomic E-state index is 0.674. The van der Waals surface area contributed by atoms with Crippen molar-refractivity contribution in [2.75, 3.05) is 14.2 Å². The van der Waals surface area contributed by atoms with E-state index >= 15 is 0 Å². The number of nitriles is 1. The fourth-order valence-electron chi connectivity index (χ4n) is 2.37. The SMILES string of the molecule is COc1cccc(Sc2cccc(Sc3cccc(OC)c3)c2C#N)c1. The molecule has 0 aliphatic carbocycles. The molecule has 0 unspecified atom stereocenters. The Bertz CT molecular complexity index is 883. The summed E-state index contributed by atoms with van der Waals surface area (Å²) in [6.07, 6.45) is 0. The Morgan fingerprint density at radius 1 is 0.731 bits per heavy atom. The summed E-state index contributed by atoms with van der Waals surface area (Å²) in [5, 5.41) is 9.73. The lowest BCUT2D eigenvalue weighted by atomic mass is 10.2. The first-order chi connectivity index (χ1) is 12.7. The van der Waals surface area contributed by atoms with Gasteiger partial charge in [0.15, 0.2) is 0 Å². The van der Waals surface area contributed by atoms with E-state index < -0.39 is 0 Å². The summed E-state index contributed by atoms with van der Waals surface area (Å²) in [5.74, 6) is 1.60. The van der Waals surface area contributed by atoms with E-state index in [1.807, 2.05) is 66.7 Å². The van der Waals surface area contributed by atoms with E-state index in [2.05, 4.69) is 6.07 Å². The molecule has 26 heavy (non-hydrogen) atoms. The van der Waals surface area contributed by atoms with Crippen molar-refractivity contribution in [3.05, 3.63) is 72.3 Å². The molecule has 0 bridgehead atoms. The maximum absolute atomic E-state index is 9.73. The molecule has 0 heterocycles. The van der Waals surface area contributed by atoms with Crippen molar-refractivity contribution in [1.82, 2.24) is 0 Å². The smallest absolute Gasteiger partial charge is 0.119 e. The van der Waals surface area contributed by atoms with Crippen molar-refractivity contribution in [1.29, 1.82) is 5.26 Å². The van der Waals surface area contributed by atoms with Crippen molar-refractivity contribution < 1.29 is 9.47 Å². The zero-order valence-electron chi connectivity index (χ0n) is 14.4. The van der Waals surface area contributed by atoms with Gasteiger partial charge in [0.05, 0.1) is 19.8 Å². The normalized spacial score (nSPS) is 10.2. The van der Waals surface area contributed by atoms with E-state index in [1.165, 1.54) is 0 Å². The lowest BCUT2D eigenvalue weighted by molar-refractivity contribution is 0.413. The van der Waals surface area contributed by atoms with Crippen LogP contribution in [0.5, 0.6) is 11.5 Å². The van der Waals surface area contributed by atoms with Gasteiger partial charge in [0.25, 0.3) is 0 Å². The fourth-order valence-corrected chi connectivity index (χ4v) is 4.40. The van der Waals surface area contributed by atoms with Gasteiger partial charge < -0.3 is 9.47 Å². The second-order valence-electron chi connectivity index (χ2n) is 5.30. The minimum Gasteiger partial charge on any atom is -0.497 e. The molecular weight excluding hydrogens is 362 g/mol. The van der Waals surface area contributed by atoms with Gasteiger partial charge in [-0.1, -0.05) is 41.7 Å². The predicted molar refractivity (Wildman–Crippen MR) is 105 cm³/mol. The average Bonchev–Trinajstić information content (AvgIpc) is 2.68. The van der Waals surface area contributed by atoms with Gasteiger partial charge >= 0.3 is 0 Å². The van der Waals surface area contributed by atoms with Crippen molar-refractivity contribution in [3.8, 4) is 17.6 Å². The lowest BCUT2D eigenvalue weighted by Gasteiger charge is -2.10. The van der Waals surface area contributed by atoms with Crippen LogP contribution in [0.2, 0.25) is 0 Å². The molecule has 0 amide bonds. The quantitative estimate of drug-likeness (QED) is 0.535. The summed E-state index contributed by atoms with van der Waals surface area (Å²) in [4.78, 5) is 3.91. The Balaban J connectivity index is 1.90. The van der Waals surface area contributed by atoms with Crippen molar-refractivity contribution in [2.45, 2.75) is 19.6 Å². The summed E-state index contributed by atoms with van der Waals surface area (Å²) in [6, 6.07) is 23.9. The molecule has 0 saturated heterocycles. The van der Waals surface area contributed by atoms with Crippen LogP contribution in [0.25, 0.3) is 0 Å². The monoisotopic (exact) mass is 379 g/mol. The molecule has 0 saturated carbocycles. The number of hydrogen-bond acceptors (Lipinski definition) is 5. The molecule has 130 valence electrons. The van der Waals surface area contributed by atoms with Gasteiger partial charge in [-0.2, -0.15) is 5.26 Å². The van der Waals surface area contributed by atoms with Gasteiger partial charge in [-0.05, 0) is 48.5 Å². The number of rotatable bonds is 6. The molecule has 0 atom stereocenters. The van der Waals surface area contributed by atoms with Gasteiger partial charge in [-0.3, -0.25) is 0 Å². The number of nitrogens with zero attached hydrogens (tertiary/aromatic N) is 1.